The van der Waals surface area contributed by atoms with Gasteiger partial charge in [-0.15, -0.1) is 0 Å². The lowest BCUT2D eigenvalue weighted by molar-refractivity contribution is -0.144. The van der Waals surface area contributed by atoms with Crippen LogP contribution >= 0.6 is 0 Å². The molecule has 2 aliphatic carbocycles. The molecule has 0 bridgehead atoms. The second-order valence-electron chi connectivity index (χ2n) is 12.8. The van der Waals surface area contributed by atoms with Crippen LogP contribution in [0, 0.1) is 29.6 Å². The van der Waals surface area contributed by atoms with Crippen LogP contribution in [0.2, 0.25) is 0 Å². The maximum Gasteiger partial charge on any atom is 0.314 e. The minimum atomic E-state index is -0.745. The molecule has 0 saturated heterocycles. The summed E-state index contributed by atoms with van der Waals surface area (Å²) < 4.78 is 21.9. The lowest BCUT2D eigenvalue weighted by Gasteiger charge is -2.26. The maximum absolute atomic E-state index is 12.6. The zero-order valence-electron chi connectivity index (χ0n) is 27.0. The smallest absolute Gasteiger partial charge is 0.314 e. The van der Waals surface area contributed by atoms with Crippen LogP contribution in [0.15, 0.2) is 48.5 Å². The molecule has 2 aliphatic rings. The summed E-state index contributed by atoms with van der Waals surface area (Å²) in [6.07, 6.45) is 12.3. The number of hydrogen-bond acceptors (Lipinski definition) is 8. The van der Waals surface area contributed by atoms with Crippen LogP contribution in [0.1, 0.15) is 104 Å². The van der Waals surface area contributed by atoms with Gasteiger partial charge in [-0.1, -0.05) is 46.5 Å². The summed E-state index contributed by atoms with van der Waals surface area (Å²) in [5, 5.41) is 0. The standard InChI is InChI=1S/C37H48O8/c1-4-6-26-8-12-28(13-9-26)36(40)44-32-18-16-30(17-19-32)42-34(38)24-25(3)35(39)43-31-20-22-33(23-21-31)45-37(41)29-14-10-27(7-5-2)11-15-29/h16-23,25-29H,4-15,24H2,1-3H3. The van der Waals surface area contributed by atoms with Gasteiger partial charge in [-0.3, -0.25) is 19.2 Å². The van der Waals surface area contributed by atoms with E-state index in [9.17, 15) is 19.2 Å². The Bertz CT molecular complexity index is 1250. The minimum absolute atomic E-state index is 0.0720. The topological polar surface area (TPSA) is 105 Å². The molecule has 2 saturated carbocycles. The third-order valence-corrected chi connectivity index (χ3v) is 9.16. The van der Waals surface area contributed by atoms with Crippen molar-refractivity contribution in [2.24, 2.45) is 29.6 Å². The van der Waals surface area contributed by atoms with Crippen molar-refractivity contribution in [2.75, 3.05) is 0 Å². The monoisotopic (exact) mass is 620 g/mol. The van der Waals surface area contributed by atoms with Crippen molar-refractivity contribution in [1.29, 1.82) is 0 Å². The summed E-state index contributed by atoms with van der Waals surface area (Å²) >= 11 is 0. The second kappa shape index (κ2) is 17.1. The SMILES string of the molecule is CCCC1CCC(C(=O)Oc2ccc(OC(=O)CC(C)C(=O)Oc3ccc(OC(=O)C4CCC(CCC)CC4)cc3)cc2)CC1. The zero-order chi connectivity index (χ0) is 32.2. The number of hydrogen-bond donors (Lipinski definition) is 0. The van der Waals surface area contributed by atoms with Gasteiger partial charge in [0.15, 0.2) is 0 Å². The van der Waals surface area contributed by atoms with E-state index in [2.05, 4.69) is 13.8 Å². The van der Waals surface area contributed by atoms with Crippen molar-refractivity contribution in [2.45, 2.75) is 104 Å². The van der Waals surface area contributed by atoms with Crippen molar-refractivity contribution in [3.8, 4) is 23.0 Å². The van der Waals surface area contributed by atoms with Crippen LogP contribution < -0.4 is 18.9 Å². The Morgan fingerprint density at radius 3 is 1.31 bits per heavy atom. The van der Waals surface area contributed by atoms with Crippen molar-refractivity contribution in [1.82, 2.24) is 0 Å². The molecule has 1 atom stereocenters. The molecule has 0 N–H and O–H groups in total. The molecule has 244 valence electrons. The third-order valence-electron chi connectivity index (χ3n) is 9.16. The fourth-order valence-electron chi connectivity index (χ4n) is 6.46. The predicted molar refractivity (Wildman–Crippen MR) is 170 cm³/mol. The minimum Gasteiger partial charge on any atom is -0.427 e. The number of carbonyl (C=O) groups excluding carboxylic acids is 4. The van der Waals surface area contributed by atoms with Gasteiger partial charge < -0.3 is 18.9 Å². The highest BCUT2D eigenvalue weighted by Crippen LogP contribution is 2.34. The first-order valence-corrected chi connectivity index (χ1v) is 16.8. The van der Waals surface area contributed by atoms with Crippen molar-refractivity contribution in [3.05, 3.63) is 48.5 Å². The van der Waals surface area contributed by atoms with Gasteiger partial charge >= 0.3 is 23.9 Å². The van der Waals surface area contributed by atoms with Crippen molar-refractivity contribution in [3.63, 3.8) is 0 Å². The summed E-state index contributed by atoms with van der Waals surface area (Å²) in [5.41, 5.74) is 0. The van der Waals surface area contributed by atoms with Gasteiger partial charge in [0.1, 0.15) is 23.0 Å². The molecule has 0 heterocycles. The molecule has 8 nitrogen and oxygen atoms in total. The molecule has 0 amide bonds. The number of carbonyl (C=O) groups is 4. The van der Waals surface area contributed by atoms with Gasteiger partial charge in [0.2, 0.25) is 0 Å². The first-order chi connectivity index (χ1) is 21.7. The Morgan fingerprint density at radius 1 is 0.578 bits per heavy atom. The number of ether oxygens (including phenoxy) is 4. The number of esters is 4. The van der Waals surface area contributed by atoms with E-state index >= 15 is 0 Å². The quantitative estimate of drug-likeness (QED) is 0.163. The maximum atomic E-state index is 12.6. The molecule has 0 aliphatic heterocycles. The van der Waals surface area contributed by atoms with E-state index in [-0.39, 0.29) is 30.2 Å². The molecule has 2 aromatic rings. The molecule has 45 heavy (non-hydrogen) atoms. The lowest BCUT2D eigenvalue weighted by Crippen LogP contribution is -2.25. The summed E-state index contributed by atoms with van der Waals surface area (Å²) in [4.78, 5) is 50.3. The van der Waals surface area contributed by atoms with Gasteiger partial charge in [-0.25, -0.2) is 0 Å². The average molecular weight is 621 g/mol. The fraction of sp³-hybridized carbons (Fsp3) is 0.568. The molecule has 4 rings (SSSR count). The average Bonchev–Trinajstić information content (AvgIpc) is 3.04. The van der Waals surface area contributed by atoms with E-state index in [1.165, 1.54) is 25.7 Å². The third kappa shape index (κ3) is 10.7. The highest BCUT2D eigenvalue weighted by Gasteiger charge is 2.29. The van der Waals surface area contributed by atoms with Crippen molar-refractivity contribution < 1.29 is 38.1 Å². The second-order valence-corrected chi connectivity index (χ2v) is 12.8. The van der Waals surface area contributed by atoms with Crippen LogP contribution in [-0.2, 0) is 19.2 Å². The summed E-state index contributed by atoms with van der Waals surface area (Å²) in [7, 11) is 0. The highest BCUT2D eigenvalue weighted by atomic mass is 16.6. The van der Waals surface area contributed by atoms with E-state index in [4.69, 9.17) is 18.9 Å². The van der Waals surface area contributed by atoms with Gasteiger partial charge in [0.25, 0.3) is 0 Å². The van der Waals surface area contributed by atoms with Crippen LogP contribution in [0.3, 0.4) is 0 Å². The first kappa shape index (κ1) is 34.2. The Hall–Kier alpha value is -3.68. The van der Waals surface area contributed by atoms with Crippen LogP contribution in [0.4, 0.5) is 0 Å². The first-order valence-electron chi connectivity index (χ1n) is 16.8. The summed E-state index contributed by atoms with van der Waals surface area (Å²) in [6, 6.07) is 12.6. The van der Waals surface area contributed by atoms with Gasteiger partial charge in [-0.2, -0.15) is 0 Å². The lowest BCUT2D eigenvalue weighted by atomic mass is 9.80. The Morgan fingerprint density at radius 2 is 0.933 bits per heavy atom. The number of rotatable bonds is 13. The molecule has 2 fully saturated rings. The normalized spacial score (nSPS) is 22.1. The van der Waals surface area contributed by atoms with Gasteiger partial charge in [0.05, 0.1) is 24.2 Å². The van der Waals surface area contributed by atoms with E-state index in [0.717, 1.165) is 51.4 Å². The fourth-order valence-corrected chi connectivity index (χ4v) is 6.46. The summed E-state index contributed by atoms with van der Waals surface area (Å²) in [6.45, 7) is 5.98. The largest absolute Gasteiger partial charge is 0.427 e. The zero-order valence-corrected chi connectivity index (χ0v) is 27.0. The Labute approximate surface area is 267 Å². The molecule has 2 aromatic carbocycles. The van der Waals surface area contributed by atoms with Crippen molar-refractivity contribution >= 4 is 23.9 Å². The van der Waals surface area contributed by atoms with E-state index < -0.39 is 17.9 Å². The van der Waals surface area contributed by atoms with Crippen LogP contribution in [0.25, 0.3) is 0 Å². The molecule has 0 radical (unpaired) electrons. The molecule has 0 spiro atoms. The van der Waals surface area contributed by atoms with Gasteiger partial charge in [0, 0.05) is 0 Å². The highest BCUT2D eigenvalue weighted by molar-refractivity contribution is 5.82. The Balaban J connectivity index is 1.16. The predicted octanol–water partition coefficient (Wildman–Crippen LogP) is 8.25. The van der Waals surface area contributed by atoms with E-state index in [1.807, 2.05) is 0 Å². The molecular formula is C37H48O8. The van der Waals surface area contributed by atoms with E-state index in [1.54, 1.807) is 55.5 Å². The van der Waals surface area contributed by atoms with Crippen LogP contribution in [-0.4, -0.2) is 23.9 Å². The molecule has 8 heteroatoms. The van der Waals surface area contributed by atoms with E-state index in [0.29, 0.717) is 34.8 Å². The molecule has 1 unspecified atom stereocenters. The molecule has 0 aromatic heterocycles. The number of benzene rings is 2. The van der Waals surface area contributed by atoms with Crippen LogP contribution in [0.5, 0.6) is 23.0 Å². The summed E-state index contributed by atoms with van der Waals surface area (Å²) in [5.74, 6) is 0.349. The molecular weight excluding hydrogens is 572 g/mol. The van der Waals surface area contributed by atoms with Gasteiger partial charge in [-0.05, 0) is 112 Å². The Kier molecular flexibility index (Phi) is 13.0.